The van der Waals surface area contributed by atoms with Gasteiger partial charge < -0.3 is 9.64 Å². The number of rotatable bonds is 7. The number of hydrogen-bond acceptors (Lipinski definition) is 7. The van der Waals surface area contributed by atoms with Gasteiger partial charge in [0.15, 0.2) is 5.65 Å². The van der Waals surface area contributed by atoms with Crippen LogP contribution < -0.4 is 0 Å². The predicted molar refractivity (Wildman–Crippen MR) is 178 cm³/mol. The van der Waals surface area contributed by atoms with Crippen molar-refractivity contribution in [3.8, 4) is 22.4 Å². The lowest BCUT2D eigenvalue weighted by atomic mass is 9.92. The van der Waals surface area contributed by atoms with Crippen molar-refractivity contribution in [2.24, 2.45) is 0 Å². The van der Waals surface area contributed by atoms with Crippen LogP contribution in [0.2, 0.25) is 0 Å². The molecule has 0 atom stereocenters. The lowest BCUT2D eigenvalue weighted by molar-refractivity contribution is -0.155. The van der Waals surface area contributed by atoms with Crippen molar-refractivity contribution < 1.29 is 14.3 Å². The third kappa shape index (κ3) is 6.65. The number of amides is 1. The third-order valence-electron chi connectivity index (χ3n) is 7.38. The molecule has 1 amide bonds. The Labute approximate surface area is 263 Å². The second-order valence-corrected chi connectivity index (χ2v) is 13.6. The molecule has 2 aromatic carbocycles. The summed E-state index contributed by atoms with van der Waals surface area (Å²) in [5.41, 5.74) is 9.52. The SMILES string of the molecule is Cc1cc(-c2cnc3c(n2)c(-c2ccc(C(=O)N(C)C)cc2)cn3SI)cc2c1CN(CCC(=O)OC(C)(C)C)CC2. The van der Waals surface area contributed by atoms with Crippen LogP contribution in [0.4, 0.5) is 0 Å². The van der Waals surface area contributed by atoms with Crippen molar-refractivity contribution in [2.75, 3.05) is 27.2 Å². The Hall–Kier alpha value is -2.96. The Morgan fingerprint density at radius 2 is 1.86 bits per heavy atom. The summed E-state index contributed by atoms with van der Waals surface area (Å²) in [6.45, 7) is 10.3. The van der Waals surface area contributed by atoms with Crippen LogP contribution in [-0.4, -0.2) is 68.4 Å². The second-order valence-electron chi connectivity index (χ2n) is 11.9. The van der Waals surface area contributed by atoms with Crippen LogP contribution in [0.5, 0.6) is 0 Å². The summed E-state index contributed by atoms with van der Waals surface area (Å²) in [6, 6.07) is 12.1. The van der Waals surface area contributed by atoms with E-state index in [0.29, 0.717) is 18.5 Å². The normalized spacial score (nSPS) is 13.7. The van der Waals surface area contributed by atoms with Crippen LogP contribution in [0.15, 0.2) is 48.8 Å². The number of carbonyl (C=O) groups is 2. The fraction of sp³-hybridized carbons (Fsp3) is 0.375. The highest BCUT2D eigenvalue weighted by Crippen LogP contribution is 2.35. The Balaban J connectivity index is 1.41. The van der Waals surface area contributed by atoms with Crippen LogP contribution in [0.25, 0.3) is 33.5 Å². The highest BCUT2D eigenvalue weighted by Gasteiger charge is 2.23. The maximum atomic E-state index is 12.4. The average Bonchev–Trinajstić information content (AvgIpc) is 3.33. The molecule has 5 rings (SSSR count). The van der Waals surface area contributed by atoms with Gasteiger partial charge in [-0.25, -0.2) is 9.97 Å². The average molecular weight is 698 g/mol. The molecule has 1 aliphatic heterocycles. The fourth-order valence-electron chi connectivity index (χ4n) is 5.32. The van der Waals surface area contributed by atoms with E-state index in [4.69, 9.17) is 14.7 Å². The van der Waals surface area contributed by atoms with Gasteiger partial charge >= 0.3 is 5.97 Å². The van der Waals surface area contributed by atoms with Gasteiger partial charge in [0.25, 0.3) is 5.91 Å². The molecule has 0 radical (unpaired) electrons. The van der Waals surface area contributed by atoms with Crippen molar-refractivity contribution in [2.45, 2.75) is 52.7 Å². The number of aryl methyl sites for hydroxylation is 1. The Kier molecular flexibility index (Phi) is 8.96. The van der Waals surface area contributed by atoms with E-state index in [1.807, 2.05) is 55.2 Å². The van der Waals surface area contributed by atoms with Gasteiger partial charge in [-0.15, -0.1) is 0 Å². The number of benzene rings is 2. The molecule has 0 saturated heterocycles. The lowest BCUT2D eigenvalue weighted by Gasteiger charge is -2.30. The first-order chi connectivity index (χ1) is 19.9. The molecule has 0 saturated carbocycles. The summed E-state index contributed by atoms with van der Waals surface area (Å²) in [5.74, 6) is -0.177. The van der Waals surface area contributed by atoms with Gasteiger partial charge in [-0.05, 0) is 80.6 Å². The number of halogens is 1. The van der Waals surface area contributed by atoms with E-state index in [9.17, 15) is 9.59 Å². The summed E-state index contributed by atoms with van der Waals surface area (Å²) in [4.78, 5) is 38.5. The number of esters is 1. The second kappa shape index (κ2) is 12.3. The van der Waals surface area contributed by atoms with Gasteiger partial charge in [-0.2, -0.15) is 0 Å². The summed E-state index contributed by atoms with van der Waals surface area (Å²) in [5, 5.41) is 0. The number of nitrogens with zero attached hydrogens (tertiary/aromatic N) is 5. The summed E-state index contributed by atoms with van der Waals surface area (Å²) < 4.78 is 7.51. The molecule has 0 aliphatic carbocycles. The number of hydrogen-bond donors (Lipinski definition) is 0. The topological polar surface area (TPSA) is 80.6 Å². The zero-order valence-electron chi connectivity index (χ0n) is 24.9. The molecule has 2 aromatic heterocycles. The van der Waals surface area contributed by atoms with Gasteiger partial charge in [0, 0.05) is 86.9 Å². The fourth-order valence-corrected chi connectivity index (χ4v) is 6.56. The molecule has 0 fully saturated rings. The monoisotopic (exact) mass is 697 g/mol. The zero-order chi connectivity index (χ0) is 30.2. The first-order valence-electron chi connectivity index (χ1n) is 14.0. The molecule has 4 aromatic rings. The summed E-state index contributed by atoms with van der Waals surface area (Å²) in [6.07, 6.45) is 5.22. The Morgan fingerprint density at radius 1 is 1.12 bits per heavy atom. The standard InChI is InChI=1S/C32H36IN5O3S/c1-20-15-24(16-23-11-13-37(18-25(20)23)14-12-28(39)41-32(2,3)4)27-17-34-30-29(35-27)26(19-38(30)42-33)21-7-9-22(10-8-21)31(40)36(5)6/h7-10,15-17,19H,11-14,18H2,1-6H3. The maximum absolute atomic E-state index is 12.4. The molecule has 0 N–H and O–H groups in total. The first kappa shape index (κ1) is 30.5. The minimum atomic E-state index is -0.458. The number of aromatic nitrogens is 3. The lowest BCUT2D eigenvalue weighted by Crippen LogP contribution is -2.34. The van der Waals surface area contributed by atoms with Crippen LogP contribution in [0.3, 0.4) is 0 Å². The van der Waals surface area contributed by atoms with Crippen molar-refractivity contribution >= 4 is 53.4 Å². The molecule has 8 nitrogen and oxygen atoms in total. The van der Waals surface area contributed by atoms with Crippen molar-refractivity contribution in [3.05, 3.63) is 71.0 Å². The highest BCUT2D eigenvalue weighted by atomic mass is 127. The van der Waals surface area contributed by atoms with Crippen LogP contribution in [0, 0.1) is 6.92 Å². The molecule has 0 unspecified atom stereocenters. The molecule has 0 spiro atoms. The van der Waals surface area contributed by atoms with Gasteiger partial charge in [0.05, 0.1) is 18.3 Å². The van der Waals surface area contributed by atoms with Gasteiger partial charge in [-0.1, -0.05) is 12.1 Å². The minimum Gasteiger partial charge on any atom is -0.460 e. The summed E-state index contributed by atoms with van der Waals surface area (Å²) >= 11 is 2.25. The highest BCUT2D eigenvalue weighted by molar-refractivity contribution is 14.2. The smallest absolute Gasteiger partial charge is 0.307 e. The van der Waals surface area contributed by atoms with Gasteiger partial charge in [-0.3, -0.25) is 18.5 Å². The molecule has 3 heterocycles. The molecule has 220 valence electrons. The third-order valence-corrected chi connectivity index (χ3v) is 9.08. The molecule has 10 heteroatoms. The summed E-state index contributed by atoms with van der Waals surface area (Å²) in [7, 11) is 5.05. The van der Waals surface area contributed by atoms with Crippen LogP contribution >= 0.6 is 30.3 Å². The zero-order valence-corrected chi connectivity index (χ0v) is 27.9. The van der Waals surface area contributed by atoms with E-state index in [0.717, 1.165) is 53.1 Å². The Bertz CT molecular complexity index is 1640. The molecular weight excluding hydrogens is 661 g/mol. The first-order valence-corrected chi connectivity index (χ1v) is 17.3. The number of ether oxygens (including phenoxy) is 1. The molecule has 0 bridgehead atoms. The Morgan fingerprint density at radius 3 is 2.52 bits per heavy atom. The van der Waals surface area contributed by atoms with E-state index in [1.165, 1.54) is 16.7 Å². The van der Waals surface area contributed by atoms with Crippen molar-refractivity contribution in [1.29, 1.82) is 0 Å². The van der Waals surface area contributed by atoms with Crippen LogP contribution in [-0.2, 0) is 22.5 Å². The molecule has 1 aliphatic rings. The van der Waals surface area contributed by atoms with Gasteiger partial charge in [0.2, 0.25) is 0 Å². The van der Waals surface area contributed by atoms with E-state index < -0.39 is 5.60 Å². The quantitative estimate of drug-likeness (QED) is 0.157. The predicted octanol–water partition coefficient (Wildman–Crippen LogP) is 6.71. The van der Waals surface area contributed by atoms with Gasteiger partial charge in [0.1, 0.15) is 11.1 Å². The van der Waals surface area contributed by atoms with E-state index in [-0.39, 0.29) is 11.9 Å². The molecular formula is C32H36IN5O3S. The number of fused-ring (bicyclic) bond motifs is 2. The van der Waals surface area contributed by atoms with Crippen molar-refractivity contribution in [1.82, 2.24) is 23.7 Å². The largest absolute Gasteiger partial charge is 0.460 e. The minimum absolute atomic E-state index is 0.0252. The molecule has 42 heavy (non-hydrogen) atoms. The number of carbonyl (C=O) groups excluding carboxylic acids is 2. The maximum Gasteiger partial charge on any atom is 0.307 e. The van der Waals surface area contributed by atoms with E-state index in [2.05, 4.69) is 51.4 Å². The van der Waals surface area contributed by atoms with E-state index >= 15 is 0 Å². The van der Waals surface area contributed by atoms with Crippen molar-refractivity contribution in [3.63, 3.8) is 0 Å². The van der Waals surface area contributed by atoms with Crippen LogP contribution in [0.1, 0.15) is 54.2 Å². The van der Waals surface area contributed by atoms with E-state index in [1.54, 1.807) is 28.1 Å².